The number of carbonyl (C=O) groups excluding carboxylic acids is 1. The van der Waals surface area contributed by atoms with Gasteiger partial charge in [0.15, 0.2) is 16.7 Å². The Bertz CT molecular complexity index is 1160. The summed E-state index contributed by atoms with van der Waals surface area (Å²) in [6, 6.07) is 11.5. The van der Waals surface area contributed by atoms with Crippen LogP contribution in [-0.2, 0) is 0 Å². The van der Waals surface area contributed by atoms with Crippen molar-refractivity contribution in [2.45, 2.75) is 6.04 Å². The van der Waals surface area contributed by atoms with Gasteiger partial charge in [-0.2, -0.15) is 0 Å². The van der Waals surface area contributed by atoms with Gasteiger partial charge in [0.1, 0.15) is 23.8 Å². The molecule has 0 bridgehead atoms. The molecule has 3 aromatic rings. The molecule has 0 aliphatic carbocycles. The number of amidine groups is 1. The third-order valence-corrected chi connectivity index (χ3v) is 7.49. The number of fused-ring (bicyclic) bond motifs is 2. The second kappa shape index (κ2) is 8.02. The number of halogens is 1. The van der Waals surface area contributed by atoms with Gasteiger partial charge in [-0.25, -0.2) is 0 Å². The Labute approximate surface area is 186 Å². The molecule has 0 saturated carbocycles. The third-order valence-electron chi connectivity index (χ3n) is 4.87. The van der Waals surface area contributed by atoms with Crippen molar-refractivity contribution in [3.05, 3.63) is 51.9 Å². The summed E-state index contributed by atoms with van der Waals surface area (Å²) >= 11 is 9.38. The fourth-order valence-electron chi connectivity index (χ4n) is 3.34. The van der Waals surface area contributed by atoms with E-state index in [4.69, 9.17) is 25.8 Å². The number of hydrogen-bond acceptors (Lipinski definition) is 7. The zero-order valence-corrected chi connectivity index (χ0v) is 18.3. The van der Waals surface area contributed by atoms with Crippen molar-refractivity contribution in [3.8, 4) is 17.2 Å². The number of thiophene rings is 1. The minimum Gasteiger partial charge on any atom is -0.497 e. The third kappa shape index (κ3) is 3.59. The Morgan fingerprint density at radius 3 is 2.67 bits per heavy atom. The molecular formula is C21H17ClN2O4S2. The van der Waals surface area contributed by atoms with Crippen molar-refractivity contribution < 1.29 is 19.0 Å². The highest BCUT2D eigenvalue weighted by Crippen LogP contribution is 2.42. The van der Waals surface area contributed by atoms with Crippen LogP contribution in [0.4, 0.5) is 0 Å². The van der Waals surface area contributed by atoms with Crippen LogP contribution in [0.1, 0.15) is 21.3 Å². The average molecular weight is 461 g/mol. The van der Waals surface area contributed by atoms with Crippen LogP contribution in [0.3, 0.4) is 0 Å². The Hall–Kier alpha value is -2.42. The first-order valence-electron chi connectivity index (χ1n) is 9.30. The van der Waals surface area contributed by atoms with Gasteiger partial charge in [-0.05, 0) is 23.8 Å². The van der Waals surface area contributed by atoms with Crippen LogP contribution in [0.5, 0.6) is 17.2 Å². The molecule has 1 atom stereocenters. The molecule has 0 saturated heterocycles. The normalized spacial score (nSPS) is 17.7. The topological polar surface area (TPSA) is 69.2 Å². The van der Waals surface area contributed by atoms with Crippen molar-refractivity contribution in [3.63, 3.8) is 0 Å². The Morgan fingerprint density at radius 1 is 1.20 bits per heavy atom. The first-order chi connectivity index (χ1) is 14.6. The molecule has 5 rings (SSSR count). The maximum atomic E-state index is 12.9. The van der Waals surface area contributed by atoms with Crippen molar-refractivity contribution in [2.24, 2.45) is 4.99 Å². The maximum absolute atomic E-state index is 12.9. The van der Waals surface area contributed by atoms with Crippen LogP contribution in [0.15, 0.2) is 41.4 Å². The van der Waals surface area contributed by atoms with Crippen LogP contribution in [0.25, 0.3) is 10.1 Å². The maximum Gasteiger partial charge on any atom is 0.268 e. The van der Waals surface area contributed by atoms with E-state index in [2.05, 4.69) is 10.3 Å². The van der Waals surface area contributed by atoms with Gasteiger partial charge in [-0.3, -0.25) is 9.79 Å². The van der Waals surface area contributed by atoms with Gasteiger partial charge < -0.3 is 19.5 Å². The first kappa shape index (κ1) is 19.5. The lowest BCUT2D eigenvalue weighted by Gasteiger charge is -2.18. The Balaban J connectivity index is 1.36. The number of methoxy groups -OCH3 is 1. The zero-order valence-electron chi connectivity index (χ0n) is 15.9. The molecule has 1 N–H and O–H groups in total. The summed E-state index contributed by atoms with van der Waals surface area (Å²) < 4.78 is 17.3. The van der Waals surface area contributed by atoms with Crippen molar-refractivity contribution in [1.82, 2.24) is 5.32 Å². The number of amides is 1. The van der Waals surface area contributed by atoms with E-state index in [-0.39, 0.29) is 11.9 Å². The SMILES string of the molecule is COc1ccc(C2CSC(NC(=O)c3sc4cc5c(cc4c3Cl)OCCO5)=N2)cc1. The summed E-state index contributed by atoms with van der Waals surface area (Å²) in [6.45, 7) is 1.01. The van der Waals surface area contributed by atoms with E-state index in [0.717, 1.165) is 27.2 Å². The standard InChI is InChI=1S/C21H17ClN2O4S2/c1-26-12-4-2-11(3-5-12)14-10-29-21(23-14)24-20(25)19-18(22)13-8-15-16(9-17(13)30-19)28-7-6-27-15/h2-5,8-9,14H,6-7,10H2,1H3,(H,23,24,25). The van der Waals surface area contributed by atoms with Crippen molar-refractivity contribution >= 4 is 55.9 Å². The van der Waals surface area contributed by atoms with Gasteiger partial charge in [0.05, 0.1) is 18.2 Å². The highest BCUT2D eigenvalue weighted by Gasteiger charge is 2.25. The van der Waals surface area contributed by atoms with Crippen LogP contribution < -0.4 is 19.5 Å². The van der Waals surface area contributed by atoms with E-state index in [1.165, 1.54) is 23.1 Å². The van der Waals surface area contributed by atoms with Crippen LogP contribution >= 0.6 is 34.7 Å². The summed E-state index contributed by atoms with van der Waals surface area (Å²) in [5.41, 5.74) is 1.08. The smallest absolute Gasteiger partial charge is 0.268 e. The number of carbonyl (C=O) groups is 1. The molecule has 0 radical (unpaired) electrons. The number of nitrogens with zero attached hydrogens (tertiary/aromatic N) is 1. The summed E-state index contributed by atoms with van der Waals surface area (Å²) in [7, 11) is 1.64. The lowest BCUT2D eigenvalue weighted by Crippen LogP contribution is -2.26. The predicted molar refractivity (Wildman–Crippen MR) is 121 cm³/mol. The molecule has 154 valence electrons. The molecule has 9 heteroatoms. The molecule has 2 aliphatic rings. The van der Waals surface area contributed by atoms with E-state index >= 15 is 0 Å². The molecule has 30 heavy (non-hydrogen) atoms. The molecule has 2 aromatic carbocycles. The molecule has 1 aromatic heterocycles. The van der Waals surface area contributed by atoms with Crippen molar-refractivity contribution in [2.75, 3.05) is 26.1 Å². The average Bonchev–Trinajstić information content (AvgIpc) is 3.37. The fourth-order valence-corrected chi connectivity index (χ4v) is 5.71. The molecule has 0 fully saturated rings. The lowest BCUT2D eigenvalue weighted by atomic mass is 10.1. The Kier molecular flexibility index (Phi) is 5.22. The van der Waals surface area contributed by atoms with Crippen molar-refractivity contribution in [1.29, 1.82) is 0 Å². The van der Waals surface area contributed by atoms with Gasteiger partial charge in [-0.1, -0.05) is 35.5 Å². The number of benzene rings is 2. The predicted octanol–water partition coefficient (Wildman–Crippen LogP) is 4.91. The first-order valence-corrected chi connectivity index (χ1v) is 11.5. The monoisotopic (exact) mass is 460 g/mol. The lowest BCUT2D eigenvalue weighted by molar-refractivity contribution is 0.0982. The van der Waals surface area contributed by atoms with E-state index < -0.39 is 0 Å². The van der Waals surface area contributed by atoms with Crippen LogP contribution in [0, 0.1) is 0 Å². The zero-order chi connectivity index (χ0) is 20.7. The van der Waals surface area contributed by atoms with E-state index in [1.54, 1.807) is 7.11 Å². The highest BCUT2D eigenvalue weighted by atomic mass is 35.5. The summed E-state index contributed by atoms with van der Waals surface area (Å²) in [5.74, 6) is 2.64. The number of aliphatic imine (C=N–C) groups is 1. The fraction of sp³-hybridized carbons (Fsp3) is 0.238. The minimum atomic E-state index is -0.261. The van der Waals surface area contributed by atoms with E-state index in [0.29, 0.717) is 39.8 Å². The Morgan fingerprint density at radius 2 is 1.93 bits per heavy atom. The summed E-state index contributed by atoms with van der Waals surface area (Å²) in [5, 5.41) is 4.70. The number of hydrogen-bond donors (Lipinski definition) is 1. The molecule has 3 heterocycles. The quantitative estimate of drug-likeness (QED) is 0.601. The molecule has 1 unspecified atom stereocenters. The number of nitrogens with one attached hydrogen (secondary N) is 1. The molecular weight excluding hydrogens is 444 g/mol. The van der Waals surface area contributed by atoms with Gasteiger partial charge in [0.25, 0.3) is 5.91 Å². The largest absolute Gasteiger partial charge is 0.497 e. The second-order valence-corrected chi connectivity index (χ2v) is 9.16. The van der Waals surface area contributed by atoms with E-state index in [1.807, 2.05) is 36.4 Å². The van der Waals surface area contributed by atoms with Crippen LogP contribution in [0.2, 0.25) is 5.02 Å². The molecule has 0 spiro atoms. The van der Waals surface area contributed by atoms with Gasteiger partial charge in [0.2, 0.25) is 0 Å². The number of thioether (sulfide) groups is 1. The van der Waals surface area contributed by atoms with E-state index in [9.17, 15) is 4.79 Å². The highest BCUT2D eigenvalue weighted by molar-refractivity contribution is 8.14. The molecule has 1 amide bonds. The minimum absolute atomic E-state index is 0.00453. The summed E-state index contributed by atoms with van der Waals surface area (Å²) in [6.07, 6.45) is 0. The number of rotatable bonds is 3. The number of ether oxygens (including phenoxy) is 3. The second-order valence-electron chi connectivity index (χ2n) is 6.73. The van der Waals surface area contributed by atoms with Gasteiger partial charge in [-0.15, -0.1) is 11.3 Å². The van der Waals surface area contributed by atoms with Gasteiger partial charge >= 0.3 is 0 Å². The van der Waals surface area contributed by atoms with Crippen LogP contribution in [-0.4, -0.2) is 37.2 Å². The molecule has 2 aliphatic heterocycles. The summed E-state index contributed by atoms with van der Waals surface area (Å²) in [4.78, 5) is 18.0. The molecule has 6 nitrogen and oxygen atoms in total. The van der Waals surface area contributed by atoms with Gasteiger partial charge in [0, 0.05) is 21.9 Å².